The van der Waals surface area contributed by atoms with Crippen molar-refractivity contribution >= 4 is 41.3 Å². The molecule has 4 rings (SSSR count). The molecular weight excluding hydrogens is 459 g/mol. The molecule has 176 valence electrons. The quantitative estimate of drug-likeness (QED) is 0.336. The van der Waals surface area contributed by atoms with Gasteiger partial charge in [-0.05, 0) is 31.8 Å². The van der Waals surface area contributed by atoms with Gasteiger partial charge in [0.05, 0.1) is 10.7 Å². The summed E-state index contributed by atoms with van der Waals surface area (Å²) in [5, 5.41) is 20.1. The highest BCUT2D eigenvalue weighted by Gasteiger charge is 2.14. The van der Waals surface area contributed by atoms with Crippen LogP contribution in [0, 0.1) is 15.0 Å². The van der Waals surface area contributed by atoms with Gasteiger partial charge in [-0.15, -0.1) is 12.4 Å². The molecule has 2 aliphatic rings. The molecule has 32 heavy (non-hydrogen) atoms. The molecule has 0 unspecified atom stereocenters. The first-order valence-electron chi connectivity index (χ1n) is 9.97. The Hall–Kier alpha value is -2.44. The Labute approximate surface area is 198 Å². The monoisotopic (exact) mass is 487 g/mol. The van der Waals surface area contributed by atoms with Gasteiger partial charge < -0.3 is 31.0 Å². The molecule has 13 heteroatoms. The number of piperazine rings is 2. The predicted octanol–water partition coefficient (Wildman–Crippen LogP) is 1.78. The van der Waals surface area contributed by atoms with E-state index >= 15 is 0 Å². The number of anilines is 1. The molecule has 2 aromatic heterocycles. The van der Waals surface area contributed by atoms with E-state index in [9.17, 15) is 15.0 Å². The number of nitrogens with zero attached hydrogens (tertiary/aromatic N) is 5. The second-order valence-electron chi connectivity index (χ2n) is 6.70. The zero-order chi connectivity index (χ0) is 22.5. The van der Waals surface area contributed by atoms with E-state index < -0.39 is 4.92 Å². The van der Waals surface area contributed by atoms with Gasteiger partial charge in [-0.3, -0.25) is 0 Å². The Morgan fingerprint density at radius 1 is 0.875 bits per heavy atom. The Morgan fingerprint density at radius 2 is 1.41 bits per heavy atom. The molecule has 0 atom stereocenters. The van der Waals surface area contributed by atoms with Crippen molar-refractivity contribution < 1.29 is 9.68 Å². The number of nitrogens with one attached hydrogen (secondary N) is 3. The molecule has 0 aromatic carbocycles. The Balaban J connectivity index is 0.000000260. The van der Waals surface area contributed by atoms with Crippen molar-refractivity contribution in [3.8, 4) is 0 Å². The van der Waals surface area contributed by atoms with Gasteiger partial charge in [-0.2, -0.15) is 0 Å². The van der Waals surface area contributed by atoms with Crippen LogP contribution >= 0.6 is 24.0 Å². The van der Waals surface area contributed by atoms with E-state index in [-0.39, 0.29) is 18.2 Å². The fourth-order valence-corrected chi connectivity index (χ4v) is 2.87. The topological polar surface area (TPSA) is 128 Å². The van der Waals surface area contributed by atoms with Crippen LogP contribution in [0.15, 0.2) is 36.7 Å². The summed E-state index contributed by atoms with van der Waals surface area (Å²) >= 11 is 5.43. The van der Waals surface area contributed by atoms with Crippen molar-refractivity contribution in [2.24, 2.45) is 0 Å². The van der Waals surface area contributed by atoms with E-state index in [4.69, 9.17) is 11.6 Å². The van der Waals surface area contributed by atoms with Gasteiger partial charge in [0.2, 0.25) is 0 Å². The lowest BCUT2D eigenvalue weighted by molar-refractivity contribution is -0.432. The van der Waals surface area contributed by atoms with Gasteiger partial charge in [0, 0.05) is 64.5 Å². The van der Waals surface area contributed by atoms with Crippen molar-refractivity contribution in [2.45, 2.75) is 0 Å². The van der Waals surface area contributed by atoms with Crippen LogP contribution in [0.2, 0.25) is 5.02 Å². The smallest absolute Gasteiger partial charge is 0.363 e. The van der Waals surface area contributed by atoms with E-state index in [0.29, 0.717) is 10.8 Å². The molecule has 0 saturated carbocycles. The lowest BCUT2D eigenvalue weighted by Gasteiger charge is -2.28. The van der Waals surface area contributed by atoms with E-state index in [1.54, 1.807) is 12.3 Å². The van der Waals surface area contributed by atoms with E-state index in [0.717, 1.165) is 62.8 Å². The normalized spacial score (nSPS) is 15.1. The second kappa shape index (κ2) is 15.4. The molecule has 0 bridgehead atoms. The first kappa shape index (κ1) is 27.6. The highest BCUT2D eigenvalue weighted by atomic mass is 35.5. The van der Waals surface area contributed by atoms with Crippen molar-refractivity contribution in [2.75, 3.05) is 64.3 Å². The molecule has 2 aliphatic heterocycles. The summed E-state index contributed by atoms with van der Waals surface area (Å²) < 4.78 is 0.765. The van der Waals surface area contributed by atoms with Gasteiger partial charge in [0.15, 0.2) is 12.4 Å². The third-order valence-corrected chi connectivity index (χ3v) is 4.62. The van der Waals surface area contributed by atoms with Crippen LogP contribution in [0.25, 0.3) is 0 Å². The zero-order valence-electron chi connectivity index (χ0n) is 17.9. The molecule has 11 nitrogen and oxygen atoms in total. The summed E-state index contributed by atoms with van der Waals surface area (Å²) in [7, 11) is 1.45. The summed E-state index contributed by atoms with van der Waals surface area (Å²) in [6.07, 6.45) is 2.99. The number of rotatable bonds is 3. The number of aromatic nitrogens is 2. The first-order chi connectivity index (χ1) is 15.0. The average Bonchev–Trinajstić information content (AvgIpc) is 2.82. The summed E-state index contributed by atoms with van der Waals surface area (Å²) in [6.45, 7) is 8.55. The van der Waals surface area contributed by atoms with E-state index in [2.05, 4.69) is 30.8 Å². The number of hydrogen-bond donors (Lipinski definition) is 3. The van der Waals surface area contributed by atoms with Crippen molar-refractivity contribution in [1.29, 1.82) is 0 Å². The molecule has 0 aliphatic carbocycles. The van der Waals surface area contributed by atoms with E-state index in [1.165, 1.54) is 25.4 Å². The maximum Gasteiger partial charge on any atom is 0.363 e. The number of nitro groups is 1. The van der Waals surface area contributed by atoms with Gasteiger partial charge in [0.1, 0.15) is 7.05 Å². The van der Waals surface area contributed by atoms with Crippen LogP contribution < -0.4 is 20.9 Å². The molecule has 3 N–H and O–H groups in total. The van der Waals surface area contributed by atoms with Gasteiger partial charge in [-0.1, -0.05) is 16.5 Å². The zero-order valence-corrected chi connectivity index (χ0v) is 19.4. The van der Waals surface area contributed by atoms with Crippen LogP contribution in [0.5, 0.6) is 0 Å². The number of hydrogen-bond acceptors (Lipinski definition) is 9. The highest BCUT2D eigenvalue weighted by Crippen LogP contribution is 2.16. The third kappa shape index (κ3) is 10.2. The van der Waals surface area contributed by atoms with Gasteiger partial charge >= 0.3 is 11.6 Å². The molecular formula is C19H29Cl2N8O3+. The lowest BCUT2D eigenvalue weighted by Crippen LogP contribution is -2.43. The maximum atomic E-state index is 11.0. The van der Waals surface area contributed by atoms with Crippen LogP contribution in [-0.2, 0) is 0 Å². The minimum absolute atomic E-state index is 0. The van der Waals surface area contributed by atoms with Crippen molar-refractivity contribution in [1.82, 2.24) is 25.9 Å². The average molecular weight is 488 g/mol. The molecule has 0 spiro atoms. The third-order valence-electron chi connectivity index (χ3n) is 4.39. The molecule has 2 fully saturated rings. The predicted molar refractivity (Wildman–Crippen MR) is 127 cm³/mol. The van der Waals surface area contributed by atoms with Gasteiger partial charge in [-0.25, -0.2) is 0 Å². The molecule has 0 amide bonds. The number of halogens is 2. The summed E-state index contributed by atoms with van der Waals surface area (Å²) in [5.74, 6) is 0.262. The first-order valence-corrected chi connectivity index (χ1v) is 10.3. The largest absolute Gasteiger partial charge is 0.366 e. The fourth-order valence-electron chi connectivity index (χ4n) is 2.75. The highest BCUT2D eigenvalue weighted by molar-refractivity contribution is 6.30. The minimum atomic E-state index is -0.573. The van der Waals surface area contributed by atoms with E-state index in [1.807, 2.05) is 6.07 Å². The standard InChI is InChI=1S/C10H15N4O.C5H3ClN2O2.C4H10N2.ClH/c1-13(15)10-3-2-9(8-12-10)14-6-4-11-5-7-14;6-4-1-2-5(7-3-4)8(9)10;1-2-6-4-3-5-1;/h2-3,8,11H,4-7H2,1H3;1-3H;5-6H,1-4H2;1H/q+1;;;. The molecule has 2 saturated heterocycles. The number of pyridine rings is 2. The van der Waals surface area contributed by atoms with Crippen LogP contribution in [0.3, 0.4) is 0 Å². The Kier molecular flexibility index (Phi) is 13.3. The van der Waals surface area contributed by atoms with Crippen molar-refractivity contribution in [3.05, 3.63) is 56.7 Å². The maximum absolute atomic E-state index is 11.0. The Morgan fingerprint density at radius 3 is 1.81 bits per heavy atom. The van der Waals surface area contributed by atoms with Crippen molar-refractivity contribution in [3.63, 3.8) is 0 Å². The molecule has 2 aromatic rings. The molecule has 4 heterocycles. The summed E-state index contributed by atoms with van der Waals surface area (Å²) in [6, 6.07) is 6.38. The number of nitroso groups, excluding NO2 is 1. The van der Waals surface area contributed by atoms with Crippen LogP contribution in [0.1, 0.15) is 0 Å². The summed E-state index contributed by atoms with van der Waals surface area (Å²) in [5.41, 5.74) is 1.09. The fraction of sp³-hybridized carbons (Fsp3) is 0.474. The lowest BCUT2D eigenvalue weighted by atomic mass is 10.3. The van der Waals surface area contributed by atoms with Crippen LogP contribution in [0.4, 0.5) is 17.3 Å². The van der Waals surface area contributed by atoms with Crippen LogP contribution in [-0.4, -0.2) is 79.1 Å². The second-order valence-corrected chi connectivity index (χ2v) is 7.14. The molecule has 0 radical (unpaired) electrons. The van der Waals surface area contributed by atoms with Gasteiger partial charge in [0.25, 0.3) is 0 Å². The summed E-state index contributed by atoms with van der Waals surface area (Å²) in [4.78, 5) is 30.2. The SMILES string of the molecule is C1CNCCN1.C[N+](=O)c1ccc(N2CCNCC2)cn1.Cl.O=[N+]([O-])c1ccc(Cl)cn1. The Bertz CT molecular complexity index is 803. The minimum Gasteiger partial charge on any atom is -0.366 e.